The van der Waals surface area contributed by atoms with Gasteiger partial charge in [-0.05, 0) is 30.4 Å². The van der Waals surface area contributed by atoms with Crippen molar-refractivity contribution in [1.82, 2.24) is 5.16 Å². The SMILES string of the molecule is O=C(CCC1CCOC1)c1cc(COCc2ccccc2Br)on1. The quantitative estimate of drug-likeness (QED) is 0.630. The first kappa shape index (κ1) is 17.3. The molecule has 1 aliphatic rings. The van der Waals surface area contributed by atoms with Gasteiger partial charge in [0, 0.05) is 30.2 Å². The van der Waals surface area contributed by atoms with Gasteiger partial charge in [0.1, 0.15) is 12.3 Å². The van der Waals surface area contributed by atoms with E-state index in [-0.39, 0.29) is 12.4 Å². The Morgan fingerprint density at radius 3 is 3.00 bits per heavy atom. The van der Waals surface area contributed by atoms with E-state index in [9.17, 15) is 4.79 Å². The van der Waals surface area contributed by atoms with Gasteiger partial charge < -0.3 is 14.0 Å². The predicted octanol–water partition coefficient (Wildman–Crippen LogP) is 4.15. The zero-order valence-corrected chi connectivity index (χ0v) is 15.0. The lowest BCUT2D eigenvalue weighted by atomic mass is 10.00. The van der Waals surface area contributed by atoms with Crippen LogP contribution in [-0.4, -0.2) is 24.2 Å². The highest BCUT2D eigenvalue weighted by molar-refractivity contribution is 9.10. The lowest BCUT2D eigenvalue weighted by Gasteiger charge is -2.04. The summed E-state index contributed by atoms with van der Waals surface area (Å²) in [7, 11) is 0. The lowest BCUT2D eigenvalue weighted by Crippen LogP contribution is -2.05. The van der Waals surface area contributed by atoms with Gasteiger partial charge in [-0.3, -0.25) is 4.79 Å². The Hall–Kier alpha value is -1.50. The van der Waals surface area contributed by atoms with Crippen LogP contribution in [0.2, 0.25) is 0 Å². The van der Waals surface area contributed by atoms with Crippen molar-refractivity contribution in [2.75, 3.05) is 13.2 Å². The Morgan fingerprint density at radius 2 is 2.21 bits per heavy atom. The van der Waals surface area contributed by atoms with Crippen molar-refractivity contribution in [3.8, 4) is 0 Å². The molecule has 1 unspecified atom stereocenters. The molecule has 2 aromatic rings. The van der Waals surface area contributed by atoms with Gasteiger partial charge in [0.25, 0.3) is 0 Å². The number of halogens is 1. The van der Waals surface area contributed by atoms with Crippen molar-refractivity contribution in [1.29, 1.82) is 0 Å². The Morgan fingerprint density at radius 1 is 1.33 bits per heavy atom. The summed E-state index contributed by atoms with van der Waals surface area (Å²) in [4.78, 5) is 12.1. The van der Waals surface area contributed by atoms with Crippen LogP contribution in [0.25, 0.3) is 0 Å². The Labute approximate surface area is 149 Å². The fourth-order valence-electron chi connectivity index (χ4n) is 2.66. The molecule has 5 nitrogen and oxygen atoms in total. The zero-order valence-electron chi connectivity index (χ0n) is 13.4. The number of carbonyl (C=O) groups excluding carboxylic acids is 1. The number of ketones is 1. The molecule has 1 aromatic carbocycles. The minimum absolute atomic E-state index is 0.0164. The highest BCUT2D eigenvalue weighted by Gasteiger charge is 2.19. The molecule has 6 heteroatoms. The first-order valence-corrected chi connectivity index (χ1v) is 8.89. The van der Waals surface area contributed by atoms with Crippen molar-refractivity contribution in [2.24, 2.45) is 5.92 Å². The smallest absolute Gasteiger partial charge is 0.184 e. The van der Waals surface area contributed by atoms with E-state index in [2.05, 4.69) is 21.1 Å². The van der Waals surface area contributed by atoms with E-state index < -0.39 is 0 Å². The number of rotatable bonds is 8. The van der Waals surface area contributed by atoms with E-state index in [4.69, 9.17) is 14.0 Å². The van der Waals surface area contributed by atoms with Crippen LogP contribution in [0, 0.1) is 5.92 Å². The maximum Gasteiger partial charge on any atom is 0.184 e. The van der Waals surface area contributed by atoms with Crippen molar-refractivity contribution >= 4 is 21.7 Å². The Balaban J connectivity index is 1.44. The third-order valence-corrected chi connectivity index (χ3v) is 4.88. The van der Waals surface area contributed by atoms with Gasteiger partial charge in [-0.25, -0.2) is 0 Å². The second kappa shape index (κ2) is 8.55. The Bertz CT molecular complexity index is 679. The highest BCUT2D eigenvalue weighted by Crippen LogP contribution is 2.20. The van der Waals surface area contributed by atoms with Crippen LogP contribution in [0.15, 0.2) is 39.3 Å². The summed E-state index contributed by atoms with van der Waals surface area (Å²) in [6.07, 6.45) is 2.37. The first-order valence-electron chi connectivity index (χ1n) is 8.10. The molecule has 3 rings (SSSR count). The molecule has 1 atom stereocenters. The fraction of sp³-hybridized carbons (Fsp3) is 0.444. The average molecular weight is 394 g/mol. The molecule has 0 aliphatic carbocycles. The molecule has 2 heterocycles. The molecule has 0 saturated carbocycles. The summed E-state index contributed by atoms with van der Waals surface area (Å²) in [5.41, 5.74) is 1.44. The summed E-state index contributed by atoms with van der Waals surface area (Å²) in [5, 5.41) is 3.86. The third-order valence-electron chi connectivity index (χ3n) is 4.11. The maximum absolute atomic E-state index is 12.1. The van der Waals surface area contributed by atoms with Gasteiger partial charge >= 0.3 is 0 Å². The van der Waals surface area contributed by atoms with E-state index in [0.717, 1.165) is 36.1 Å². The van der Waals surface area contributed by atoms with Gasteiger partial charge in [0.15, 0.2) is 11.5 Å². The van der Waals surface area contributed by atoms with Crippen LogP contribution in [-0.2, 0) is 22.7 Å². The average Bonchev–Trinajstić information content (AvgIpc) is 3.26. The molecule has 0 bridgehead atoms. The molecule has 128 valence electrons. The molecule has 0 spiro atoms. The number of nitrogens with zero attached hydrogens (tertiary/aromatic N) is 1. The van der Waals surface area contributed by atoms with E-state index in [1.54, 1.807) is 6.07 Å². The molecule has 0 amide bonds. The van der Waals surface area contributed by atoms with Crippen LogP contribution in [0.4, 0.5) is 0 Å². The molecule has 1 saturated heterocycles. The highest BCUT2D eigenvalue weighted by atomic mass is 79.9. The number of benzene rings is 1. The van der Waals surface area contributed by atoms with Crippen LogP contribution in [0.3, 0.4) is 0 Å². The number of hydrogen-bond donors (Lipinski definition) is 0. The first-order chi connectivity index (χ1) is 11.7. The van der Waals surface area contributed by atoms with E-state index in [1.165, 1.54) is 0 Å². The molecule has 1 fully saturated rings. The molecule has 1 aliphatic heterocycles. The normalized spacial score (nSPS) is 17.3. The molecule has 0 N–H and O–H groups in total. The number of ether oxygens (including phenoxy) is 2. The molecule has 1 aromatic heterocycles. The van der Waals surface area contributed by atoms with Crippen molar-refractivity contribution < 1.29 is 18.8 Å². The maximum atomic E-state index is 12.1. The topological polar surface area (TPSA) is 61.6 Å². The number of carbonyl (C=O) groups is 1. The summed E-state index contributed by atoms with van der Waals surface area (Å²) < 4.78 is 17.2. The van der Waals surface area contributed by atoms with Crippen LogP contribution in [0.1, 0.15) is 41.1 Å². The monoisotopic (exact) mass is 393 g/mol. The summed E-state index contributed by atoms with van der Waals surface area (Å²) >= 11 is 3.48. The minimum Gasteiger partial charge on any atom is -0.381 e. The third kappa shape index (κ3) is 4.75. The largest absolute Gasteiger partial charge is 0.381 e. The fourth-order valence-corrected chi connectivity index (χ4v) is 3.06. The minimum atomic E-state index is 0.0164. The van der Waals surface area contributed by atoms with E-state index in [0.29, 0.717) is 30.4 Å². The van der Waals surface area contributed by atoms with Gasteiger partial charge in [-0.15, -0.1) is 0 Å². The number of Topliss-reactive ketones (excluding diaryl/α,β-unsaturated/α-hetero) is 1. The lowest BCUT2D eigenvalue weighted by molar-refractivity contribution is 0.0875. The summed E-state index contributed by atoms with van der Waals surface area (Å²) in [5.74, 6) is 1.07. The van der Waals surface area contributed by atoms with Gasteiger partial charge in [-0.2, -0.15) is 0 Å². The molecular formula is C18H20BrNO4. The van der Waals surface area contributed by atoms with Crippen LogP contribution < -0.4 is 0 Å². The molecule has 0 radical (unpaired) electrons. The predicted molar refractivity (Wildman–Crippen MR) is 91.6 cm³/mol. The van der Waals surface area contributed by atoms with E-state index >= 15 is 0 Å². The summed E-state index contributed by atoms with van der Waals surface area (Å²) in [6, 6.07) is 9.56. The number of hydrogen-bond acceptors (Lipinski definition) is 5. The van der Waals surface area contributed by atoms with Gasteiger partial charge in [0.05, 0.1) is 6.61 Å². The molecular weight excluding hydrogens is 374 g/mol. The standard InChI is InChI=1S/C18H20BrNO4/c19-16-4-2-1-3-14(16)11-23-12-15-9-17(20-24-15)18(21)6-5-13-7-8-22-10-13/h1-4,9,13H,5-8,10-12H2. The second-order valence-corrected chi connectivity index (χ2v) is 6.81. The van der Waals surface area contributed by atoms with Crippen LogP contribution >= 0.6 is 15.9 Å². The van der Waals surface area contributed by atoms with Crippen molar-refractivity contribution in [3.63, 3.8) is 0 Å². The number of aromatic nitrogens is 1. The second-order valence-electron chi connectivity index (χ2n) is 5.95. The van der Waals surface area contributed by atoms with Gasteiger partial charge in [0.2, 0.25) is 0 Å². The van der Waals surface area contributed by atoms with Crippen molar-refractivity contribution in [2.45, 2.75) is 32.5 Å². The van der Waals surface area contributed by atoms with Crippen LogP contribution in [0.5, 0.6) is 0 Å². The summed E-state index contributed by atoms with van der Waals surface area (Å²) in [6.45, 7) is 2.33. The zero-order chi connectivity index (χ0) is 16.8. The molecule has 24 heavy (non-hydrogen) atoms. The van der Waals surface area contributed by atoms with Crippen molar-refractivity contribution in [3.05, 3.63) is 51.8 Å². The van der Waals surface area contributed by atoms with Gasteiger partial charge in [-0.1, -0.05) is 39.3 Å². The Kier molecular flexibility index (Phi) is 6.18. The van der Waals surface area contributed by atoms with E-state index in [1.807, 2.05) is 24.3 Å².